The van der Waals surface area contributed by atoms with Crippen LogP contribution in [-0.4, -0.2) is 10.2 Å². The molecule has 0 atom stereocenters. The monoisotopic (exact) mass is 168 g/mol. The molecule has 11 heavy (non-hydrogen) atoms. The molecular weight excluding hydrogens is 164 g/mol. The maximum absolute atomic E-state index is 10.8. The molecule has 0 aliphatic rings. The molecule has 0 fully saturated rings. The minimum absolute atomic E-state index is 0.210. The normalized spacial score (nSPS) is 11.4. The zero-order chi connectivity index (χ0) is 8.17. The van der Waals surface area contributed by atoms with E-state index >= 15 is 0 Å². The third-order valence-corrected chi connectivity index (χ3v) is 2.00. The lowest BCUT2D eigenvalue weighted by atomic mass is 10.3. The summed E-state index contributed by atoms with van der Waals surface area (Å²) in [6.45, 7) is 0. The summed E-state index contributed by atoms with van der Waals surface area (Å²) < 4.78 is 0. The van der Waals surface area contributed by atoms with Crippen molar-refractivity contribution in [2.45, 2.75) is 4.90 Å². The number of fused-ring (bicyclic) bond motifs is 1. The molecule has 0 aliphatic heterocycles. The van der Waals surface area contributed by atoms with Gasteiger partial charge in [0.25, 0.3) is 0 Å². The molecule has 2 aromatic carbocycles. The molecule has 2 N–H and O–H groups in total. The fraction of sp³-hybridized carbons (Fsp3) is 0. The average Bonchev–Trinajstić information content (AvgIpc) is 2.57. The summed E-state index contributed by atoms with van der Waals surface area (Å²) in [5.74, 6) is -0.671. The van der Waals surface area contributed by atoms with Crippen molar-refractivity contribution in [3.8, 4) is 11.5 Å². The smallest absolute Gasteiger partial charge is 0.198 e. The van der Waals surface area contributed by atoms with Gasteiger partial charge in [-0.15, -0.1) is 12.6 Å². The van der Waals surface area contributed by atoms with E-state index in [1.807, 2.05) is 0 Å². The minimum Gasteiger partial charge on any atom is -0.504 e. The number of phenols is 2. The van der Waals surface area contributed by atoms with E-state index in [1.54, 1.807) is 0 Å². The highest BCUT2D eigenvalue weighted by atomic mass is 32.1. The predicted octanol–water partition coefficient (Wildman–Crippen LogP) is 0.775. The summed E-state index contributed by atoms with van der Waals surface area (Å²) in [5.41, 5.74) is -0.210. The van der Waals surface area contributed by atoms with Crippen LogP contribution in [0.25, 0.3) is 10.8 Å². The summed E-state index contributed by atoms with van der Waals surface area (Å²) in [4.78, 5) is 11.0. The van der Waals surface area contributed by atoms with Crippen LogP contribution >= 0.6 is 12.6 Å². The molecule has 0 aromatic heterocycles. The third kappa shape index (κ3) is 0.670. The van der Waals surface area contributed by atoms with Gasteiger partial charge in [-0.05, 0) is 6.07 Å². The van der Waals surface area contributed by atoms with Gasteiger partial charge in [-0.1, -0.05) is 0 Å². The van der Waals surface area contributed by atoms with Gasteiger partial charge < -0.3 is 10.2 Å². The Morgan fingerprint density at radius 1 is 1.27 bits per heavy atom. The van der Waals surface area contributed by atoms with Gasteiger partial charge in [-0.3, -0.25) is 4.79 Å². The highest BCUT2D eigenvalue weighted by Crippen LogP contribution is 2.39. The Morgan fingerprint density at radius 2 is 1.91 bits per heavy atom. The summed E-state index contributed by atoms with van der Waals surface area (Å²) in [6, 6.07) is 1.44. The van der Waals surface area contributed by atoms with Crippen LogP contribution in [0.4, 0.5) is 0 Å². The molecule has 0 aliphatic carbocycles. The van der Waals surface area contributed by atoms with Crippen LogP contribution in [0.1, 0.15) is 0 Å². The Labute approximate surface area is 67.0 Å². The Bertz CT molecular complexity index is 451. The zero-order valence-corrected chi connectivity index (χ0v) is 6.22. The lowest BCUT2D eigenvalue weighted by Gasteiger charge is -1.95. The molecule has 0 saturated heterocycles. The first kappa shape index (κ1) is 6.54. The predicted molar refractivity (Wildman–Crippen MR) is 43.2 cm³/mol. The van der Waals surface area contributed by atoms with Crippen molar-refractivity contribution in [1.29, 1.82) is 0 Å². The molecule has 56 valence electrons. The van der Waals surface area contributed by atoms with Gasteiger partial charge in [0.1, 0.15) is 0 Å². The van der Waals surface area contributed by atoms with Gasteiger partial charge in [-0.25, -0.2) is 0 Å². The molecule has 2 rings (SSSR count). The second-order valence-electron chi connectivity index (χ2n) is 2.34. The van der Waals surface area contributed by atoms with Crippen LogP contribution in [0.3, 0.4) is 0 Å². The van der Waals surface area contributed by atoms with E-state index in [2.05, 4.69) is 12.6 Å². The number of rotatable bonds is 0. The summed E-state index contributed by atoms with van der Waals surface area (Å²) in [7, 11) is 0. The van der Waals surface area contributed by atoms with Crippen molar-refractivity contribution in [2.75, 3.05) is 0 Å². The van der Waals surface area contributed by atoms with E-state index in [0.29, 0.717) is 5.39 Å². The van der Waals surface area contributed by atoms with Crippen molar-refractivity contribution < 1.29 is 10.2 Å². The number of phenolic OH excluding ortho intramolecular Hbond substituents is 2. The van der Waals surface area contributed by atoms with Crippen molar-refractivity contribution in [3.05, 3.63) is 16.3 Å². The van der Waals surface area contributed by atoms with Crippen LogP contribution in [0.15, 0.2) is 15.8 Å². The number of aromatic hydroxyl groups is 2. The van der Waals surface area contributed by atoms with Crippen LogP contribution < -0.4 is 5.43 Å². The lowest BCUT2D eigenvalue weighted by molar-refractivity contribution is 0.400. The van der Waals surface area contributed by atoms with E-state index in [0.717, 1.165) is 0 Å². The van der Waals surface area contributed by atoms with E-state index in [4.69, 9.17) is 10.2 Å². The molecule has 2 aromatic rings. The molecule has 0 unspecified atom stereocenters. The first-order chi connectivity index (χ1) is 5.13. The lowest BCUT2D eigenvalue weighted by Crippen LogP contribution is -1.69. The molecule has 0 saturated carbocycles. The third-order valence-electron chi connectivity index (χ3n) is 1.66. The van der Waals surface area contributed by atoms with E-state index in [1.165, 1.54) is 6.07 Å². The standard InChI is InChI=1S/C7H4O3S/c8-5-2-1-3(11)6(9)7(10)4(2)5/h1,9-11H. The van der Waals surface area contributed by atoms with Gasteiger partial charge >= 0.3 is 0 Å². The molecule has 4 heteroatoms. The van der Waals surface area contributed by atoms with Crippen LogP contribution in [0.5, 0.6) is 11.5 Å². The SMILES string of the molecule is O=c1c2cc(S)c(O)c(O)c12. The van der Waals surface area contributed by atoms with Crippen molar-refractivity contribution >= 4 is 23.4 Å². The van der Waals surface area contributed by atoms with Gasteiger partial charge in [0.05, 0.1) is 10.3 Å². The van der Waals surface area contributed by atoms with Crippen LogP contribution in [0, 0.1) is 0 Å². The molecule has 3 nitrogen and oxygen atoms in total. The number of thiol groups is 1. The van der Waals surface area contributed by atoms with Gasteiger partial charge in [0.2, 0.25) is 0 Å². The largest absolute Gasteiger partial charge is 0.504 e. The first-order valence-electron chi connectivity index (χ1n) is 2.95. The number of benzene rings is 1. The van der Waals surface area contributed by atoms with Gasteiger partial charge in [-0.2, -0.15) is 0 Å². The number of hydrogen-bond donors (Lipinski definition) is 3. The second-order valence-corrected chi connectivity index (χ2v) is 2.83. The summed E-state index contributed by atoms with van der Waals surface area (Å²) >= 11 is 3.85. The zero-order valence-electron chi connectivity index (χ0n) is 5.33. The molecular formula is C7H4O3S. The quantitative estimate of drug-likeness (QED) is 0.402. The highest BCUT2D eigenvalue weighted by Gasteiger charge is 2.21. The topological polar surface area (TPSA) is 57.5 Å². The fourth-order valence-corrected chi connectivity index (χ4v) is 1.24. The van der Waals surface area contributed by atoms with E-state index in [-0.39, 0.29) is 27.2 Å². The molecule has 0 spiro atoms. The van der Waals surface area contributed by atoms with Crippen molar-refractivity contribution in [2.24, 2.45) is 0 Å². The molecule has 0 radical (unpaired) electrons. The Balaban J connectivity index is 2.94. The average molecular weight is 168 g/mol. The number of hydrogen-bond acceptors (Lipinski definition) is 4. The Hall–Kier alpha value is -1.16. The van der Waals surface area contributed by atoms with E-state index in [9.17, 15) is 4.79 Å². The maximum Gasteiger partial charge on any atom is 0.198 e. The first-order valence-corrected chi connectivity index (χ1v) is 3.40. The van der Waals surface area contributed by atoms with Crippen molar-refractivity contribution in [3.63, 3.8) is 0 Å². The van der Waals surface area contributed by atoms with Gasteiger partial charge in [0, 0.05) is 5.39 Å². The molecule has 0 heterocycles. The molecule has 0 amide bonds. The minimum atomic E-state index is -0.350. The fourth-order valence-electron chi connectivity index (χ4n) is 1.00. The summed E-state index contributed by atoms with van der Waals surface area (Å²) in [5, 5.41) is 18.8. The maximum atomic E-state index is 10.8. The Kier molecular flexibility index (Phi) is 1.02. The Morgan fingerprint density at radius 3 is 2.55 bits per heavy atom. The van der Waals surface area contributed by atoms with Crippen LogP contribution in [0.2, 0.25) is 0 Å². The van der Waals surface area contributed by atoms with E-state index < -0.39 is 0 Å². The van der Waals surface area contributed by atoms with Gasteiger partial charge in [0.15, 0.2) is 16.9 Å². The molecule has 0 bridgehead atoms. The summed E-state index contributed by atoms with van der Waals surface area (Å²) in [6.07, 6.45) is 0. The highest BCUT2D eigenvalue weighted by molar-refractivity contribution is 7.80. The second kappa shape index (κ2) is 1.71. The van der Waals surface area contributed by atoms with Crippen LogP contribution in [-0.2, 0) is 0 Å². The van der Waals surface area contributed by atoms with Crippen molar-refractivity contribution in [1.82, 2.24) is 0 Å².